The number of hydrogen-bond acceptors (Lipinski definition) is 3. The molecule has 1 unspecified atom stereocenters. The Labute approximate surface area is 117 Å². The maximum atomic E-state index is 12.3. The molecule has 1 saturated heterocycles. The summed E-state index contributed by atoms with van der Waals surface area (Å²) >= 11 is 6.07. The lowest BCUT2D eigenvalue weighted by atomic mass is 9.93. The van der Waals surface area contributed by atoms with Gasteiger partial charge < -0.3 is 15.1 Å². The van der Waals surface area contributed by atoms with Gasteiger partial charge in [0.25, 0.3) is 5.91 Å². The number of aromatic hydroxyl groups is 2. The van der Waals surface area contributed by atoms with Gasteiger partial charge in [0, 0.05) is 18.5 Å². The summed E-state index contributed by atoms with van der Waals surface area (Å²) in [5, 5.41) is 19.2. The van der Waals surface area contributed by atoms with E-state index in [0.29, 0.717) is 19.0 Å². The summed E-state index contributed by atoms with van der Waals surface area (Å²) in [5.41, 5.74) is 0.150. The van der Waals surface area contributed by atoms with E-state index in [1.54, 1.807) is 4.90 Å². The Hall–Kier alpha value is -1.42. The highest BCUT2D eigenvalue weighted by Gasteiger charge is 2.27. The van der Waals surface area contributed by atoms with E-state index in [2.05, 4.69) is 0 Å². The topological polar surface area (TPSA) is 60.8 Å². The minimum absolute atomic E-state index is 0.0228. The molecule has 0 aliphatic carbocycles. The SMILES string of the molecule is CC(Cl)C1CCN(C(=O)c2cc(O)ccc2O)CC1. The minimum atomic E-state index is -0.242. The van der Waals surface area contributed by atoms with Crippen molar-refractivity contribution in [3.8, 4) is 11.5 Å². The molecule has 2 rings (SSSR count). The van der Waals surface area contributed by atoms with Crippen molar-refractivity contribution >= 4 is 17.5 Å². The van der Waals surface area contributed by atoms with Crippen molar-refractivity contribution in [1.82, 2.24) is 4.90 Å². The Morgan fingerprint density at radius 1 is 1.37 bits per heavy atom. The molecule has 104 valence electrons. The Bertz CT molecular complexity index is 468. The van der Waals surface area contributed by atoms with Gasteiger partial charge in [-0.15, -0.1) is 11.6 Å². The van der Waals surface area contributed by atoms with E-state index >= 15 is 0 Å². The molecule has 19 heavy (non-hydrogen) atoms. The van der Waals surface area contributed by atoms with Gasteiger partial charge in [-0.3, -0.25) is 4.79 Å². The molecular weight excluding hydrogens is 266 g/mol. The van der Waals surface area contributed by atoms with E-state index in [1.165, 1.54) is 18.2 Å². The van der Waals surface area contributed by atoms with Crippen LogP contribution in [0.15, 0.2) is 18.2 Å². The maximum absolute atomic E-state index is 12.3. The van der Waals surface area contributed by atoms with Crippen LogP contribution in [-0.2, 0) is 0 Å². The van der Waals surface area contributed by atoms with Crippen LogP contribution in [0.25, 0.3) is 0 Å². The number of halogens is 1. The molecule has 0 spiro atoms. The predicted octanol–water partition coefficient (Wildman–Crippen LogP) is 2.58. The van der Waals surface area contributed by atoms with Crippen molar-refractivity contribution < 1.29 is 15.0 Å². The number of hydrogen-bond donors (Lipinski definition) is 2. The van der Waals surface area contributed by atoms with Crippen molar-refractivity contribution in [3.63, 3.8) is 0 Å². The molecule has 1 aliphatic rings. The molecule has 1 aromatic carbocycles. The van der Waals surface area contributed by atoms with Gasteiger partial charge in [-0.05, 0) is 43.9 Å². The summed E-state index contributed by atoms with van der Waals surface area (Å²) in [6.45, 7) is 3.25. The molecule has 0 radical (unpaired) electrons. The standard InChI is InChI=1S/C14H18ClNO3/c1-9(15)10-4-6-16(7-5-10)14(19)12-8-11(17)2-3-13(12)18/h2-3,8-10,17-18H,4-7H2,1H3. The number of rotatable bonds is 2. The number of phenols is 2. The lowest BCUT2D eigenvalue weighted by Gasteiger charge is -2.33. The van der Waals surface area contributed by atoms with Crippen LogP contribution in [0.2, 0.25) is 0 Å². The molecule has 1 aliphatic heterocycles. The molecule has 1 aromatic rings. The lowest BCUT2D eigenvalue weighted by Crippen LogP contribution is -2.40. The average molecular weight is 284 g/mol. The van der Waals surface area contributed by atoms with E-state index < -0.39 is 0 Å². The Morgan fingerprint density at radius 3 is 2.58 bits per heavy atom. The summed E-state index contributed by atoms with van der Waals surface area (Å²) in [7, 11) is 0. The highest BCUT2D eigenvalue weighted by Crippen LogP contribution is 2.28. The van der Waals surface area contributed by atoms with E-state index in [4.69, 9.17) is 11.6 Å². The maximum Gasteiger partial charge on any atom is 0.257 e. The number of piperidine rings is 1. The van der Waals surface area contributed by atoms with Gasteiger partial charge in [-0.25, -0.2) is 0 Å². The number of phenolic OH excluding ortho intramolecular Hbond substituents is 2. The van der Waals surface area contributed by atoms with Gasteiger partial charge >= 0.3 is 0 Å². The number of alkyl halides is 1. The zero-order valence-electron chi connectivity index (χ0n) is 10.8. The fraction of sp³-hybridized carbons (Fsp3) is 0.500. The van der Waals surface area contributed by atoms with Crippen LogP contribution in [0.5, 0.6) is 11.5 Å². The van der Waals surface area contributed by atoms with Crippen LogP contribution < -0.4 is 0 Å². The molecule has 0 bridgehead atoms. The zero-order chi connectivity index (χ0) is 14.0. The van der Waals surface area contributed by atoms with E-state index in [1.807, 2.05) is 6.92 Å². The summed E-state index contributed by atoms with van der Waals surface area (Å²) < 4.78 is 0. The first kappa shape index (κ1) is 14.0. The number of carbonyl (C=O) groups is 1. The molecular formula is C14H18ClNO3. The predicted molar refractivity (Wildman–Crippen MR) is 73.7 cm³/mol. The number of amides is 1. The van der Waals surface area contributed by atoms with Crippen LogP contribution in [-0.4, -0.2) is 39.5 Å². The number of nitrogens with zero attached hydrogens (tertiary/aromatic N) is 1. The number of carbonyl (C=O) groups excluding carboxylic acids is 1. The van der Waals surface area contributed by atoms with E-state index in [0.717, 1.165) is 12.8 Å². The average Bonchev–Trinajstić information content (AvgIpc) is 2.41. The molecule has 0 aromatic heterocycles. The van der Waals surface area contributed by atoms with Crippen LogP contribution in [0.4, 0.5) is 0 Å². The summed E-state index contributed by atoms with van der Waals surface area (Å²) in [6, 6.07) is 3.98. The second-order valence-corrected chi connectivity index (χ2v) is 5.70. The van der Waals surface area contributed by atoms with Crippen molar-refractivity contribution in [2.24, 2.45) is 5.92 Å². The van der Waals surface area contributed by atoms with Crippen molar-refractivity contribution in [3.05, 3.63) is 23.8 Å². The van der Waals surface area contributed by atoms with Crippen LogP contribution in [0.3, 0.4) is 0 Å². The smallest absolute Gasteiger partial charge is 0.257 e. The number of likely N-dealkylation sites (tertiary alicyclic amines) is 1. The van der Waals surface area contributed by atoms with Gasteiger partial charge in [0.05, 0.1) is 5.56 Å². The summed E-state index contributed by atoms with van der Waals surface area (Å²) in [5.74, 6) is 0.0682. The zero-order valence-corrected chi connectivity index (χ0v) is 11.6. The second kappa shape index (κ2) is 5.70. The quantitative estimate of drug-likeness (QED) is 0.648. The lowest BCUT2D eigenvalue weighted by molar-refractivity contribution is 0.0686. The first-order valence-electron chi connectivity index (χ1n) is 6.44. The Balaban J connectivity index is 2.07. The highest BCUT2D eigenvalue weighted by atomic mass is 35.5. The van der Waals surface area contributed by atoms with Gasteiger partial charge in [-0.2, -0.15) is 0 Å². The monoisotopic (exact) mass is 283 g/mol. The van der Waals surface area contributed by atoms with Gasteiger partial charge in [0.2, 0.25) is 0 Å². The fourth-order valence-corrected chi connectivity index (χ4v) is 2.68. The normalized spacial score (nSPS) is 18.3. The Morgan fingerprint density at radius 2 is 2.00 bits per heavy atom. The van der Waals surface area contributed by atoms with Gasteiger partial charge in [-0.1, -0.05) is 0 Å². The van der Waals surface area contributed by atoms with Crippen LogP contribution in [0, 0.1) is 5.92 Å². The molecule has 1 heterocycles. The van der Waals surface area contributed by atoms with Gasteiger partial charge in [0.1, 0.15) is 11.5 Å². The second-order valence-electron chi connectivity index (χ2n) is 5.01. The number of benzene rings is 1. The molecule has 1 fully saturated rings. The van der Waals surface area contributed by atoms with Gasteiger partial charge in [0.15, 0.2) is 0 Å². The highest BCUT2D eigenvalue weighted by molar-refractivity contribution is 6.20. The molecule has 4 nitrogen and oxygen atoms in total. The molecule has 5 heteroatoms. The third kappa shape index (κ3) is 3.13. The summed E-state index contributed by atoms with van der Waals surface area (Å²) in [4.78, 5) is 14.0. The fourth-order valence-electron chi connectivity index (χ4n) is 2.43. The van der Waals surface area contributed by atoms with Crippen molar-refractivity contribution in [1.29, 1.82) is 0 Å². The molecule has 0 saturated carbocycles. The molecule has 2 N–H and O–H groups in total. The van der Waals surface area contributed by atoms with Crippen LogP contribution in [0.1, 0.15) is 30.1 Å². The molecule has 1 amide bonds. The first-order valence-corrected chi connectivity index (χ1v) is 6.88. The van der Waals surface area contributed by atoms with Crippen molar-refractivity contribution in [2.45, 2.75) is 25.1 Å². The molecule has 1 atom stereocenters. The van der Waals surface area contributed by atoms with Crippen molar-refractivity contribution in [2.75, 3.05) is 13.1 Å². The van der Waals surface area contributed by atoms with E-state index in [9.17, 15) is 15.0 Å². The Kier molecular flexibility index (Phi) is 4.20. The summed E-state index contributed by atoms with van der Waals surface area (Å²) in [6.07, 6.45) is 1.74. The third-order valence-electron chi connectivity index (χ3n) is 3.69. The van der Waals surface area contributed by atoms with E-state index in [-0.39, 0.29) is 28.3 Å². The first-order chi connectivity index (χ1) is 8.99. The minimum Gasteiger partial charge on any atom is -0.508 e. The largest absolute Gasteiger partial charge is 0.508 e. The third-order valence-corrected chi connectivity index (χ3v) is 4.04. The van der Waals surface area contributed by atoms with Crippen LogP contribution >= 0.6 is 11.6 Å².